The predicted octanol–water partition coefficient (Wildman–Crippen LogP) is 3.69. The fourth-order valence-electron chi connectivity index (χ4n) is 3.67. The minimum Gasteiger partial charge on any atom is -0.444 e. The van der Waals surface area contributed by atoms with E-state index < -0.39 is 5.60 Å². The van der Waals surface area contributed by atoms with Crippen molar-refractivity contribution in [3.63, 3.8) is 0 Å². The Hall–Kier alpha value is -1.82. The van der Waals surface area contributed by atoms with E-state index in [1.54, 1.807) is 0 Å². The first-order chi connectivity index (χ1) is 12.3. The number of amides is 1. The number of anilines is 1. The second-order valence-corrected chi connectivity index (χ2v) is 8.13. The van der Waals surface area contributed by atoms with Gasteiger partial charge in [0.2, 0.25) is 0 Å². The summed E-state index contributed by atoms with van der Waals surface area (Å²) < 4.78 is 11.1. The Bertz CT molecular complexity index is 636. The molecule has 2 aliphatic heterocycles. The first kappa shape index (κ1) is 19.0. The van der Waals surface area contributed by atoms with E-state index in [0.29, 0.717) is 0 Å². The van der Waals surface area contributed by atoms with E-state index in [2.05, 4.69) is 17.0 Å². The molecule has 1 aromatic rings. The lowest BCUT2D eigenvalue weighted by molar-refractivity contribution is 0.00941. The second-order valence-electron chi connectivity index (χ2n) is 8.13. The molecule has 26 heavy (non-hydrogen) atoms. The number of carbonyl (C=O) groups excluding carboxylic acids is 1. The topological polar surface area (TPSA) is 54.9 Å². The van der Waals surface area contributed by atoms with Crippen molar-refractivity contribution in [2.45, 2.75) is 58.6 Å². The molecule has 0 aliphatic carbocycles. The Labute approximate surface area is 156 Å². The maximum atomic E-state index is 12.7. The van der Waals surface area contributed by atoms with E-state index in [1.165, 1.54) is 0 Å². The standard InChI is InChI=1S/C20H31N3O3/c1-15-16(8-9-18(21-15)22-11-13-25-14-12-22)17-7-5-6-10-23(17)19(24)26-20(2,3)4/h8-9,17H,5-7,10-14H2,1-4H3. The minimum absolute atomic E-state index is 0.0461. The number of nitrogens with zero attached hydrogens (tertiary/aromatic N) is 3. The molecular weight excluding hydrogens is 330 g/mol. The molecular formula is C20H31N3O3. The summed E-state index contributed by atoms with van der Waals surface area (Å²) in [7, 11) is 0. The van der Waals surface area contributed by atoms with Crippen LogP contribution in [0.2, 0.25) is 0 Å². The van der Waals surface area contributed by atoms with E-state index in [-0.39, 0.29) is 12.1 Å². The summed E-state index contributed by atoms with van der Waals surface area (Å²) in [6.45, 7) is 11.8. The maximum Gasteiger partial charge on any atom is 0.410 e. The molecule has 0 saturated carbocycles. The monoisotopic (exact) mass is 361 g/mol. The number of ether oxygens (including phenoxy) is 2. The van der Waals surface area contributed by atoms with Gasteiger partial charge in [0.15, 0.2) is 0 Å². The normalized spacial score (nSPS) is 21.6. The summed E-state index contributed by atoms with van der Waals surface area (Å²) in [5.74, 6) is 0.995. The first-order valence-corrected chi connectivity index (χ1v) is 9.65. The summed E-state index contributed by atoms with van der Waals surface area (Å²) in [5, 5.41) is 0. The van der Waals surface area contributed by atoms with Crippen LogP contribution in [-0.2, 0) is 9.47 Å². The number of rotatable bonds is 2. The molecule has 0 aromatic carbocycles. The zero-order valence-electron chi connectivity index (χ0n) is 16.5. The molecule has 2 saturated heterocycles. The highest BCUT2D eigenvalue weighted by Gasteiger charge is 2.32. The molecule has 3 heterocycles. The molecule has 6 heteroatoms. The van der Waals surface area contributed by atoms with Gasteiger partial charge in [-0.15, -0.1) is 0 Å². The van der Waals surface area contributed by atoms with E-state index in [0.717, 1.165) is 69.2 Å². The Morgan fingerprint density at radius 3 is 2.58 bits per heavy atom. The molecule has 0 radical (unpaired) electrons. The van der Waals surface area contributed by atoms with Gasteiger partial charge in [-0.2, -0.15) is 0 Å². The lowest BCUT2D eigenvalue weighted by Gasteiger charge is -2.37. The van der Waals surface area contributed by atoms with E-state index in [1.807, 2.05) is 32.6 Å². The van der Waals surface area contributed by atoms with Crippen LogP contribution in [0.4, 0.5) is 10.6 Å². The average molecular weight is 361 g/mol. The van der Waals surface area contributed by atoms with E-state index in [9.17, 15) is 4.79 Å². The number of carbonyl (C=O) groups is 1. The summed E-state index contributed by atoms with van der Waals surface area (Å²) in [6.07, 6.45) is 2.88. The smallest absolute Gasteiger partial charge is 0.410 e. The van der Waals surface area contributed by atoms with Gasteiger partial charge in [-0.3, -0.25) is 0 Å². The third-order valence-corrected chi connectivity index (χ3v) is 4.94. The van der Waals surface area contributed by atoms with Gasteiger partial charge < -0.3 is 19.3 Å². The van der Waals surface area contributed by atoms with Crippen LogP contribution in [0.3, 0.4) is 0 Å². The number of morpholine rings is 1. The Morgan fingerprint density at radius 1 is 1.19 bits per heavy atom. The van der Waals surface area contributed by atoms with Gasteiger partial charge in [0.25, 0.3) is 0 Å². The van der Waals surface area contributed by atoms with Crippen LogP contribution in [-0.4, -0.2) is 54.4 Å². The number of hydrogen-bond acceptors (Lipinski definition) is 5. The minimum atomic E-state index is -0.480. The highest BCUT2D eigenvalue weighted by Crippen LogP contribution is 2.34. The van der Waals surface area contributed by atoms with Crippen LogP contribution in [0.25, 0.3) is 0 Å². The van der Waals surface area contributed by atoms with E-state index >= 15 is 0 Å². The van der Waals surface area contributed by atoms with Crippen molar-refractivity contribution in [3.8, 4) is 0 Å². The van der Waals surface area contributed by atoms with Crippen molar-refractivity contribution in [2.75, 3.05) is 37.7 Å². The van der Waals surface area contributed by atoms with E-state index in [4.69, 9.17) is 14.5 Å². The zero-order valence-corrected chi connectivity index (χ0v) is 16.5. The van der Waals surface area contributed by atoms with Crippen LogP contribution < -0.4 is 4.90 Å². The van der Waals surface area contributed by atoms with Gasteiger partial charge in [-0.25, -0.2) is 9.78 Å². The summed E-state index contributed by atoms with van der Waals surface area (Å²) in [6, 6.07) is 4.26. The molecule has 1 aromatic heterocycles. The van der Waals surface area contributed by atoms with Gasteiger partial charge >= 0.3 is 6.09 Å². The first-order valence-electron chi connectivity index (χ1n) is 9.65. The number of aryl methyl sites for hydroxylation is 1. The Morgan fingerprint density at radius 2 is 1.92 bits per heavy atom. The SMILES string of the molecule is Cc1nc(N2CCOCC2)ccc1C1CCCCN1C(=O)OC(C)(C)C. The van der Waals surface area contributed by atoms with Gasteiger partial charge in [0, 0.05) is 25.3 Å². The van der Waals surface area contributed by atoms with Crippen LogP contribution in [0.5, 0.6) is 0 Å². The van der Waals surface area contributed by atoms with Gasteiger partial charge in [0.1, 0.15) is 11.4 Å². The number of hydrogen-bond donors (Lipinski definition) is 0. The lowest BCUT2D eigenvalue weighted by atomic mass is 9.94. The summed E-state index contributed by atoms with van der Waals surface area (Å²) in [4.78, 5) is 21.7. The second kappa shape index (κ2) is 7.82. The third kappa shape index (κ3) is 4.47. The molecule has 1 amide bonds. The molecule has 2 fully saturated rings. The maximum absolute atomic E-state index is 12.7. The Balaban J connectivity index is 1.79. The highest BCUT2D eigenvalue weighted by molar-refractivity contribution is 5.69. The number of aromatic nitrogens is 1. The quantitative estimate of drug-likeness (QED) is 0.804. The molecule has 0 N–H and O–H groups in total. The van der Waals surface area contributed by atoms with Crippen LogP contribution >= 0.6 is 0 Å². The molecule has 0 bridgehead atoms. The number of piperidine rings is 1. The summed E-state index contributed by atoms with van der Waals surface area (Å²) in [5.41, 5.74) is 1.65. The van der Waals surface area contributed by atoms with Crippen LogP contribution in [0, 0.1) is 6.92 Å². The van der Waals surface area contributed by atoms with Crippen LogP contribution in [0.1, 0.15) is 57.3 Å². The molecule has 6 nitrogen and oxygen atoms in total. The largest absolute Gasteiger partial charge is 0.444 e. The molecule has 144 valence electrons. The van der Waals surface area contributed by atoms with Gasteiger partial charge in [-0.05, 0) is 58.6 Å². The average Bonchev–Trinajstić information content (AvgIpc) is 2.61. The van der Waals surface area contributed by atoms with Crippen molar-refractivity contribution in [3.05, 3.63) is 23.4 Å². The van der Waals surface area contributed by atoms with Crippen molar-refractivity contribution in [1.82, 2.24) is 9.88 Å². The number of pyridine rings is 1. The zero-order chi connectivity index (χ0) is 18.7. The molecule has 3 rings (SSSR count). The lowest BCUT2D eigenvalue weighted by Crippen LogP contribution is -2.42. The van der Waals surface area contributed by atoms with Gasteiger partial charge in [-0.1, -0.05) is 6.07 Å². The summed E-state index contributed by atoms with van der Waals surface area (Å²) >= 11 is 0. The predicted molar refractivity (Wildman–Crippen MR) is 102 cm³/mol. The fourth-order valence-corrected chi connectivity index (χ4v) is 3.67. The van der Waals surface area contributed by atoms with Crippen LogP contribution in [0.15, 0.2) is 12.1 Å². The van der Waals surface area contributed by atoms with Crippen molar-refractivity contribution < 1.29 is 14.3 Å². The van der Waals surface area contributed by atoms with Crippen molar-refractivity contribution >= 4 is 11.9 Å². The molecule has 2 aliphatic rings. The molecule has 1 unspecified atom stereocenters. The van der Waals surface area contributed by atoms with Gasteiger partial charge in [0.05, 0.1) is 19.3 Å². The van der Waals surface area contributed by atoms with Crippen molar-refractivity contribution in [2.24, 2.45) is 0 Å². The van der Waals surface area contributed by atoms with Crippen molar-refractivity contribution in [1.29, 1.82) is 0 Å². The molecule has 0 spiro atoms. The molecule has 1 atom stereocenters. The highest BCUT2D eigenvalue weighted by atomic mass is 16.6. The Kier molecular flexibility index (Phi) is 5.70. The third-order valence-electron chi connectivity index (χ3n) is 4.94. The number of likely N-dealkylation sites (tertiary alicyclic amines) is 1. The fraction of sp³-hybridized carbons (Fsp3) is 0.700.